The average Bonchev–Trinajstić information content (AvgIpc) is 2.76. The van der Waals surface area contributed by atoms with E-state index in [1.807, 2.05) is 6.07 Å². The van der Waals surface area contributed by atoms with Crippen LogP contribution in [-0.2, 0) is 16.6 Å². The molecule has 2 N–H and O–H groups in total. The largest absolute Gasteiger partial charge is 0.375 e. The third-order valence-electron chi connectivity index (χ3n) is 2.76. The first-order valence-corrected chi connectivity index (χ1v) is 8.33. The van der Waals surface area contributed by atoms with Crippen LogP contribution in [-0.4, -0.2) is 29.2 Å². The first-order valence-electron chi connectivity index (χ1n) is 6.08. The van der Waals surface area contributed by atoms with Gasteiger partial charge in [0.1, 0.15) is 0 Å². The molecule has 0 spiro atoms. The first-order chi connectivity index (χ1) is 9.45. The number of pyridine rings is 1. The summed E-state index contributed by atoms with van der Waals surface area (Å²) < 4.78 is 26.8. The molecule has 0 saturated heterocycles. The Morgan fingerprint density at radius 2 is 2.15 bits per heavy atom. The van der Waals surface area contributed by atoms with Gasteiger partial charge in [0.2, 0.25) is 0 Å². The number of aromatic nitrogens is 2. The van der Waals surface area contributed by atoms with Crippen LogP contribution in [0.1, 0.15) is 18.3 Å². The number of thiazole rings is 1. The van der Waals surface area contributed by atoms with Crippen LogP contribution in [0.25, 0.3) is 0 Å². The molecule has 0 aliphatic rings. The minimum absolute atomic E-state index is 0.202. The highest BCUT2D eigenvalue weighted by molar-refractivity contribution is 7.91. The van der Waals surface area contributed by atoms with E-state index in [2.05, 4.69) is 9.97 Å². The Kier molecular flexibility index (Phi) is 4.36. The molecule has 2 aromatic rings. The zero-order chi connectivity index (χ0) is 14.8. The van der Waals surface area contributed by atoms with Gasteiger partial charge < -0.3 is 5.73 Å². The van der Waals surface area contributed by atoms with Crippen LogP contribution in [0.5, 0.6) is 0 Å². The van der Waals surface area contributed by atoms with Gasteiger partial charge in [-0.1, -0.05) is 24.3 Å². The molecule has 0 radical (unpaired) electrons. The highest BCUT2D eigenvalue weighted by atomic mass is 32.2. The molecule has 0 bridgehead atoms. The molecule has 0 saturated carbocycles. The SMILES string of the molecule is CCN(Cc1ccccn1)S(=O)(=O)c1sc(N)nc1C. The Hall–Kier alpha value is -1.51. The van der Waals surface area contributed by atoms with Gasteiger partial charge in [0, 0.05) is 12.7 Å². The number of hydrogen-bond donors (Lipinski definition) is 1. The third-order valence-corrected chi connectivity index (χ3v) is 6.26. The fraction of sp³-hybridized carbons (Fsp3) is 0.333. The second-order valence-electron chi connectivity index (χ2n) is 4.18. The molecule has 0 aliphatic carbocycles. The maximum Gasteiger partial charge on any atom is 0.254 e. The number of rotatable bonds is 5. The number of sulfonamides is 1. The lowest BCUT2D eigenvalue weighted by Crippen LogP contribution is -2.30. The Bertz CT molecular complexity index is 683. The van der Waals surface area contributed by atoms with Crippen molar-refractivity contribution in [2.24, 2.45) is 0 Å². The van der Waals surface area contributed by atoms with Crippen molar-refractivity contribution in [1.82, 2.24) is 14.3 Å². The van der Waals surface area contributed by atoms with Crippen molar-refractivity contribution in [1.29, 1.82) is 0 Å². The van der Waals surface area contributed by atoms with Crippen LogP contribution in [0, 0.1) is 6.92 Å². The van der Waals surface area contributed by atoms with Crippen molar-refractivity contribution >= 4 is 26.5 Å². The average molecular weight is 312 g/mol. The van der Waals surface area contributed by atoms with Crippen molar-refractivity contribution in [3.05, 3.63) is 35.8 Å². The van der Waals surface area contributed by atoms with Crippen LogP contribution in [0.15, 0.2) is 28.6 Å². The molecule has 0 unspecified atom stereocenters. The Labute approximate surface area is 122 Å². The van der Waals surface area contributed by atoms with E-state index in [1.165, 1.54) is 4.31 Å². The van der Waals surface area contributed by atoms with Gasteiger partial charge in [-0.05, 0) is 19.1 Å². The molecule has 0 amide bonds. The number of nitrogens with zero attached hydrogens (tertiary/aromatic N) is 3. The van der Waals surface area contributed by atoms with Gasteiger partial charge in [0.15, 0.2) is 9.34 Å². The van der Waals surface area contributed by atoms with E-state index in [4.69, 9.17) is 5.73 Å². The van der Waals surface area contributed by atoms with Crippen LogP contribution >= 0.6 is 11.3 Å². The van der Waals surface area contributed by atoms with E-state index < -0.39 is 10.0 Å². The Morgan fingerprint density at radius 1 is 1.40 bits per heavy atom. The van der Waals surface area contributed by atoms with Crippen LogP contribution in [0.3, 0.4) is 0 Å². The summed E-state index contributed by atoms with van der Waals surface area (Å²) >= 11 is 0.992. The Balaban J connectivity index is 2.33. The summed E-state index contributed by atoms with van der Waals surface area (Å²) in [6.45, 7) is 4.03. The van der Waals surface area contributed by atoms with Crippen molar-refractivity contribution in [3.63, 3.8) is 0 Å². The number of nitrogen functional groups attached to an aromatic ring is 1. The summed E-state index contributed by atoms with van der Waals surface area (Å²) in [5, 5.41) is 0.259. The zero-order valence-corrected chi connectivity index (χ0v) is 12.9. The second kappa shape index (κ2) is 5.86. The Morgan fingerprint density at radius 3 is 2.65 bits per heavy atom. The predicted octanol–water partition coefficient (Wildman–Crippen LogP) is 1.64. The zero-order valence-electron chi connectivity index (χ0n) is 11.3. The lowest BCUT2D eigenvalue weighted by Gasteiger charge is -2.19. The minimum Gasteiger partial charge on any atom is -0.375 e. The fourth-order valence-corrected chi connectivity index (χ4v) is 4.65. The van der Waals surface area contributed by atoms with Gasteiger partial charge >= 0.3 is 0 Å². The van der Waals surface area contributed by atoms with E-state index in [9.17, 15) is 8.42 Å². The molecule has 0 atom stereocenters. The van der Waals surface area contributed by atoms with Crippen molar-refractivity contribution in [2.45, 2.75) is 24.6 Å². The number of hydrogen-bond acceptors (Lipinski definition) is 6. The van der Waals surface area contributed by atoms with E-state index in [1.54, 1.807) is 32.2 Å². The molecule has 2 heterocycles. The van der Waals surface area contributed by atoms with Gasteiger partial charge in [-0.25, -0.2) is 13.4 Å². The molecule has 20 heavy (non-hydrogen) atoms. The van der Waals surface area contributed by atoms with Crippen LogP contribution < -0.4 is 5.73 Å². The quantitative estimate of drug-likeness (QED) is 0.906. The van der Waals surface area contributed by atoms with Gasteiger partial charge in [0.05, 0.1) is 17.9 Å². The summed E-state index contributed by atoms with van der Waals surface area (Å²) in [7, 11) is -3.59. The smallest absolute Gasteiger partial charge is 0.254 e. The van der Waals surface area contributed by atoms with E-state index in [-0.39, 0.29) is 15.9 Å². The van der Waals surface area contributed by atoms with E-state index >= 15 is 0 Å². The highest BCUT2D eigenvalue weighted by Gasteiger charge is 2.28. The maximum atomic E-state index is 12.6. The van der Waals surface area contributed by atoms with Crippen molar-refractivity contribution in [2.75, 3.05) is 12.3 Å². The lowest BCUT2D eigenvalue weighted by atomic mass is 10.3. The molecule has 2 aromatic heterocycles. The first kappa shape index (κ1) is 14.9. The van der Waals surface area contributed by atoms with Gasteiger partial charge in [-0.15, -0.1) is 0 Å². The van der Waals surface area contributed by atoms with Gasteiger partial charge in [-0.2, -0.15) is 4.31 Å². The molecule has 6 nitrogen and oxygen atoms in total. The summed E-state index contributed by atoms with van der Waals surface area (Å²) in [6.07, 6.45) is 1.64. The van der Waals surface area contributed by atoms with Crippen molar-refractivity contribution in [3.8, 4) is 0 Å². The molecule has 108 valence electrons. The topological polar surface area (TPSA) is 89.2 Å². The fourth-order valence-electron chi connectivity index (χ4n) is 1.80. The molecule has 0 fully saturated rings. The number of anilines is 1. The van der Waals surface area contributed by atoms with Gasteiger partial charge in [0.25, 0.3) is 10.0 Å². The molecular weight excluding hydrogens is 296 g/mol. The van der Waals surface area contributed by atoms with Crippen molar-refractivity contribution < 1.29 is 8.42 Å². The lowest BCUT2D eigenvalue weighted by molar-refractivity contribution is 0.420. The second-order valence-corrected chi connectivity index (χ2v) is 7.34. The standard InChI is InChI=1S/C12H16N4O2S2/c1-3-16(8-10-6-4-5-7-14-10)20(17,18)11-9(2)15-12(13)19-11/h4-7H,3,8H2,1-2H3,(H2,13,15). The highest BCUT2D eigenvalue weighted by Crippen LogP contribution is 2.28. The number of aryl methyl sites for hydroxylation is 1. The molecule has 2 rings (SSSR count). The van der Waals surface area contributed by atoms with E-state index in [0.29, 0.717) is 17.9 Å². The predicted molar refractivity (Wildman–Crippen MR) is 78.8 cm³/mol. The molecule has 0 aromatic carbocycles. The van der Waals surface area contributed by atoms with Crippen LogP contribution in [0.2, 0.25) is 0 Å². The normalized spacial score (nSPS) is 11.9. The molecule has 8 heteroatoms. The molecule has 0 aliphatic heterocycles. The monoisotopic (exact) mass is 312 g/mol. The summed E-state index contributed by atoms with van der Waals surface area (Å²) in [4.78, 5) is 8.13. The summed E-state index contributed by atoms with van der Waals surface area (Å²) in [5.74, 6) is 0. The minimum atomic E-state index is -3.59. The summed E-state index contributed by atoms with van der Waals surface area (Å²) in [6, 6.07) is 5.42. The summed E-state index contributed by atoms with van der Waals surface area (Å²) in [5.41, 5.74) is 6.72. The number of nitrogens with two attached hydrogens (primary N) is 1. The third kappa shape index (κ3) is 2.97. The van der Waals surface area contributed by atoms with Crippen LogP contribution in [0.4, 0.5) is 5.13 Å². The van der Waals surface area contributed by atoms with E-state index in [0.717, 1.165) is 11.3 Å². The molecular formula is C12H16N4O2S2. The maximum absolute atomic E-state index is 12.6. The van der Waals surface area contributed by atoms with Gasteiger partial charge in [-0.3, -0.25) is 4.98 Å².